The number of nitrogens with one attached hydrogen (secondary N) is 1. The first kappa shape index (κ1) is 11.3. The van der Waals surface area contributed by atoms with Gasteiger partial charge in [0.25, 0.3) is 0 Å². The molecule has 92 valence electrons. The fraction of sp³-hybridized carbons (Fsp3) is 0.250. The van der Waals surface area contributed by atoms with Gasteiger partial charge < -0.3 is 5.32 Å². The number of anilines is 1. The Morgan fingerprint density at radius 2 is 2.00 bits per heavy atom. The molecule has 0 saturated heterocycles. The van der Waals surface area contributed by atoms with Gasteiger partial charge >= 0.3 is 0 Å². The predicted molar refractivity (Wildman–Crippen MR) is 72.4 cm³/mol. The van der Waals surface area contributed by atoms with Crippen LogP contribution < -0.4 is 5.32 Å². The van der Waals surface area contributed by atoms with Crippen LogP contribution in [0.2, 0.25) is 0 Å². The highest BCUT2D eigenvalue weighted by Gasteiger charge is 2.25. The lowest BCUT2D eigenvalue weighted by atomic mass is 9.97. The van der Waals surface area contributed by atoms with Crippen molar-refractivity contribution in [2.24, 2.45) is 0 Å². The minimum atomic E-state index is -0.153. The molecule has 2 aromatic carbocycles. The smallest absolute Gasteiger partial charge is 0.146 e. The summed E-state index contributed by atoms with van der Waals surface area (Å²) in [6.07, 6.45) is 0.858. The fourth-order valence-corrected chi connectivity index (χ4v) is 2.75. The molecule has 1 nitrogen and oxygen atoms in total. The normalized spacial score (nSPS) is 17.4. The molecule has 3 rings (SSSR count). The summed E-state index contributed by atoms with van der Waals surface area (Å²) in [6, 6.07) is 11.9. The number of benzene rings is 2. The van der Waals surface area contributed by atoms with E-state index >= 15 is 0 Å². The molecule has 0 radical (unpaired) electrons. The van der Waals surface area contributed by atoms with Gasteiger partial charge in [0.05, 0.1) is 11.7 Å². The number of para-hydroxylation sites is 1. The van der Waals surface area contributed by atoms with Crippen molar-refractivity contribution in [3.8, 4) is 0 Å². The van der Waals surface area contributed by atoms with Crippen molar-refractivity contribution in [3.05, 3.63) is 64.5 Å². The number of aryl methyl sites for hydroxylation is 2. The third-order valence-electron chi connectivity index (χ3n) is 3.64. The second kappa shape index (κ2) is 4.13. The molecule has 0 aliphatic carbocycles. The molecule has 1 heterocycles. The van der Waals surface area contributed by atoms with Gasteiger partial charge in [-0.3, -0.25) is 0 Å². The average Bonchev–Trinajstić information content (AvgIpc) is 2.74. The van der Waals surface area contributed by atoms with Crippen LogP contribution in [0.15, 0.2) is 36.4 Å². The van der Waals surface area contributed by atoms with Crippen LogP contribution in [0, 0.1) is 19.7 Å². The maximum atomic E-state index is 13.7. The van der Waals surface area contributed by atoms with Crippen LogP contribution in [-0.2, 0) is 6.42 Å². The second-order valence-corrected chi connectivity index (χ2v) is 5.04. The molecule has 0 amide bonds. The quantitative estimate of drug-likeness (QED) is 0.790. The van der Waals surface area contributed by atoms with Crippen LogP contribution >= 0.6 is 0 Å². The topological polar surface area (TPSA) is 12.0 Å². The van der Waals surface area contributed by atoms with Crippen molar-refractivity contribution in [2.75, 3.05) is 5.32 Å². The molecule has 1 aliphatic rings. The van der Waals surface area contributed by atoms with Gasteiger partial charge in [-0.05, 0) is 43.0 Å². The van der Waals surface area contributed by atoms with Crippen molar-refractivity contribution < 1.29 is 4.39 Å². The van der Waals surface area contributed by atoms with Gasteiger partial charge in [0.15, 0.2) is 0 Å². The molecule has 2 heteroatoms. The van der Waals surface area contributed by atoms with Crippen LogP contribution in [0.25, 0.3) is 0 Å². The third kappa shape index (κ3) is 1.78. The highest BCUT2D eigenvalue weighted by atomic mass is 19.1. The van der Waals surface area contributed by atoms with Crippen LogP contribution in [0.5, 0.6) is 0 Å². The Balaban J connectivity index is 1.96. The zero-order chi connectivity index (χ0) is 12.7. The zero-order valence-electron chi connectivity index (χ0n) is 10.6. The molecule has 0 fully saturated rings. The number of fused-ring (bicyclic) bond motifs is 1. The Hall–Kier alpha value is -1.83. The van der Waals surface area contributed by atoms with E-state index in [0.717, 1.165) is 12.0 Å². The van der Waals surface area contributed by atoms with Gasteiger partial charge in [0, 0.05) is 0 Å². The maximum Gasteiger partial charge on any atom is 0.146 e. The molecule has 1 atom stereocenters. The van der Waals surface area contributed by atoms with Gasteiger partial charge in [-0.15, -0.1) is 0 Å². The van der Waals surface area contributed by atoms with Crippen molar-refractivity contribution in [2.45, 2.75) is 26.3 Å². The van der Waals surface area contributed by atoms with Crippen molar-refractivity contribution in [1.29, 1.82) is 0 Å². The molecule has 0 saturated carbocycles. The van der Waals surface area contributed by atoms with Crippen molar-refractivity contribution in [1.82, 2.24) is 0 Å². The Bertz CT molecular complexity index is 604. The van der Waals surface area contributed by atoms with E-state index in [1.807, 2.05) is 6.07 Å². The Kier molecular flexibility index (Phi) is 2.58. The van der Waals surface area contributed by atoms with E-state index in [9.17, 15) is 4.39 Å². The Labute approximate surface area is 107 Å². The standard InChI is InChI=1S/C16H16FN/c1-10-6-7-13(11(2)8-10)15-9-12-4-3-5-14(17)16(12)18-15/h3-8,15,18H,9H2,1-2H3. The summed E-state index contributed by atoms with van der Waals surface area (Å²) in [5.74, 6) is -0.153. The first-order chi connectivity index (χ1) is 8.65. The molecular formula is C16H16FN. The summed E-state index contributed by atoms with van der Waals surface area (Å²) < 4.78 is 13.7. The lowest BCUT2D eigenvalue weighted by Crippen LogP contribution is -2.08. The van der Waals surface area contributed by atoms with E-state index < -0.39 is 0 Å². The first-order valence-corrected chi connectivity index (χ1v) is 6.26. The van der Waals surface area contributed by atoms with Gasteiger partial charge in [-0.25, -0.2) is 4.39 Å². The monoisotopic (exact) mass is 241 g/mol. The number of hydrogen-bond acceptors (Lipinski definition) is 1. The summed E-state index contributed by atoms with van der Waals surface area (Å²) >= 11 is 0. The molecule has 1 N–H and O–H groups in total. The lowest BCUT2D eigenvalue weighted by molar-refractivity contribution is 0.630. The summed E-state index contributed by atoms with van der Waals surface area (Å²) in [4.78, 5) is 0. The SMILES string of the molecule is Cc1ccc(C2Cc3cccc(F)c3N2)c(C)c1. The van der Waals surface area contributed by atoms with E-state index in [4.69, 9.17) is 0 Å². The highest BCUT2D eigenvalue weighted by molar-refractivity contribution is 5.59. The molecule has 2 aromatic rings. The largest absolute Gasteiger partial charge is 0.375 e. The molecule has 1 aliphatic heterocycles. The summed E-state index contributed by atoms with van der Waals surface area (Å²) in [5.41, 5.74) is 5.53. The van der Waals surface area contributed by atoms with E-state index in [0.29, 0.717) is 5.69 Å². The van der Waals surface area contributed by atoms with Crippen LogP contribution in [-0.4, -0.2) is 0 Å². The molecular weight excluding hydrogens is 225 g/mol. The predicted octanol–water partition coefficient (Wildman–Crippen LogP) is 4.15. The Morgan fingerprint density at radius 3 is 2.72 bits per heavy atom. The minimum absolute atomic E-state index is 0.153. The van der Waals surface area contributed by atoms with E-state index in [-0.39, 0.29) is 11.9 Å². The van der Waals surface area contributed by atoms with Gasteiger partial charge in [-0.1, -0.05) is 35.9 Å². The number of rotatable bonds is 1. The van der Waals surface area contributed by atoms with Crippen LogP contribution in [0.4, 0.5) is 10.1 Å². The molecule has 18 heavy (non-hydrogen) atoms. The van der Waals surface area contributed by atoms with Crippen molar-refractivity contribution in [3.63, 3.8) is 0 Å². The lowest BCUT2D eigenvalue weighted by Gasteiger charge is -2.15. The maximum absolute atomic E-state index is 13.7. The van der Waals surface area contributed by atoms with Gasteiger partial charge in [0.2, 0.25) is 0 Å². The summed E-state index contributed by atoms with van der Waals surface area (Å²) in [6.45, 7) is 4.20. The molecule has 1 unspecified atom stereocenters. The Morgan fingerprint density at radius 1 is 1.17 bits per heavy atom. The average molecular weight is 241 g/mol. The second-order valence-electron chi connectivity index (χ2n) is 5.04. The van der Waals surface area contributed by atoms with Gasteiger partial charge in [-0.2, -0.15) is 0 Å². The highest BCUT2D eigenvalue weighted by Crippen LogP contribution is 2.36. The summed E-state index contributed by atoms with van der Waals surface area (Å²) in [5, 5.41) is 3.30. The van der Waals surface area contributed by atoms with Crippen molar-refractivity contribution >= 4 is 5.69 Å². The van der Waals surface area contributed by atoms with E-state index in [2.05, 4.69) is 37.4 Å². The zero-order valence-corrected chi connectivity index (χ0v) is 10.6. The number of halogens is 1. The van der Waals surface area contributed by atoms with Gasteiger partial charge in [0.1, 0.15) is 5.82 Å². The van der Waals surface area contributed by atoms with E-state index in [1.165, 1.54) is 22.8 Å². The summed E-state index contributed by atoms with van der Waals surface area (Å²) in [7, 11) is 0. The number of hydrogen-bond donors (Lipinski definition) is 1. The molecule has 0 bridgehead atoms. The molecule has 0 spiro atoms. The molecule has 0 aromatic heterocycles. The first-order valence-electron chi connectivity index (χ1n) is 6.26. The minimum Gasteiger partial charge on any atom is -0.375 e. The fourth-order valence-electron chi connectivity index (χ4n) is 2.75. The van der Waals surface area contributed by atoms with Crippen LogP contribution in [0.1, 0.15) is 28.3 Å². The van der Waals surface area contributed by atoms with Crippen LogP contribution in [0.3, 0.4) is 0 Å². The third-order valence-corrected chi connectivity index (χ3v) is 3.64. The van der Waals surface area contributed by atoms with E-state index in [1.54, 1.807) is 6.07 Å².